The first kappa shape index (κ1) is 10.0. The third-order valence-electron chi connectivity index (χ3n) is 2.06. The molecule has 1 nitrogen and oxygen atoms in total. The van der Waals surface area contributed by atoms with Crippen molar-refractivity contribution in [2.24, 2.45) is 11.7 Å². The van der Waals surface area contributed by atoms with E-state index in [0.717, 1.165) is 12.5 Å². The summed E-state index contributed by atoms with van der Waals surface area (Å²) >= 11 is 0. The fraction of sp³-hybridized carbons (Fsp3) is 1.00. The molecule has 10 heavy (non-hydrogen) atoms. The molecule has 0 aromatic carbocycles. The van der Waals surface area contributed by atoms with Crippen LogP contribution in [-0.4, -0.2) is 14.4 Å². The molecule has 59 valence electrons. The van der Waals surface area contributed by atoms with Gasteiger partial charge in [0.25, 0.3) is 0 Å². The van der Waals surface area contributed by atoms with Gasteiger partial charge in [0.2, 0.25) is 0 Å². The standard InChI is InChI=1S/C7H15N.CH4B/c8-6-7-4-2-1-3-5-7;1-2/h7H,1-6,8H2;2H,1H3. The fourth-order valence-electron chi connectivity index (χ4n) is 1.42. The second kappa shape index (κ2) is 7.14. The van der Waals surface area contributed by atoms with Crippen molar-refractivity contribution in [2.75, 3.05) is 6.54 Å². The van der Waals surface area contributed by atoms with Crippen LogP contribution in [-0.2, 0) is 0 Å². The monoisotopic (exact) mass is 140 g/mol. The van der Waals surface area contributed by atoms with Gasteiger partial charge in [-0.2, -0.15) is 0 Å². The molecule has 0 amide bonds. The molecule has 1 radical (unpaired) electrons. The van der Waals surface area contributed by atoms with E-state index in [0.29, 0.717) is 0 Å². The van der Waals surface area contributed by atoms with E-state index in [4.69, 9.17) is 5.73 Å². The molecule has 2 N–H and O–H groups in total. The highest BCUT2D eigenvalue weighted by atomic mass is 14.5. The first-order valence-electron chi connectivity index (χ1n) is 4.34. The van der Waals surface area contributed by atoms with Crippen LogP contribution < -0.4 is 5.73 Å². The van der Waals surface area contributed by atoms with Gasteiger partial charge in [0.05, 0.1) is 7.85 Å². The van der Waals surface area contributed by atoms with Crippen molar-refractivity contribution in [3.05, 3.63) is 0 Å². The minimum absolute atomic E-state index is 0.865. The van der Waals surface area contributed by atoms with Gasteiger partial charge in [0.15, 0.2) is 0 Å². The average Bonchev–Trinajstić information content (AvgIpc) is 2.10. The van der Waals surface area contributed by atoms with Crippen molar-refractivity contribution >= 4 is 7.85 Å². The normalized spacial score (nSPS) is 19.4. The molecule has 1 fully saturated rings. The first-order valence-corrected chi connectivity index (χ1v) is 4.34. The molecule has 0 aliphatic heterocycles. The highest BCUT2D eigenvalue weighted by molar-refractivity contribution is 6.05. The number of hydrogen-bond acceptors (Lipinski definition) is 1. The smallest absolute Gasteiger partial charge is 0.0823 e. The third kappa shape index (κ3) is 3.94. The predicted octanol–water partition coefficient (Wildman–Crippen LogP) is 1.46. The van der Waals surface area contributed by atoms with Gasteiger partial charge >= 0.3 is 0 Å². The summed E-state index contributed by atoms with van der Waals surface area (Å²) in [6.07, 6.45) is 7.05. The van der Waals surface area contributed by atoms with Crippen LogP contribution in [0.15, 0.2) is 0 Å². The Morgan fingerprint density at radius 1 is 1.20 bits per heavy atom. The maximum Gasteiger partial charge on any atom is 0.0823 e. The third-order valence-corrected chi connectivity index (χ3v) is 2.06. The Hall–Kier alpha value is 0.0249. The van der Waals surface area contributed by atoms with Gasteiger partial charge in [-0.05, 0) is 25.3 Å². The lowest BCUT2D eigenvalue weighted by molar-refractivity contribution is 0.366. The van der Waals surface area contributed by atoms with Crippen LogP contribution in [0.1, 0.15) is 32.1 Å². The van der Waals surface area contributed by atoms with Gasteiger partial charge in [0, 0.05) is 0 Å². The summed E-state index contributed by atoms with van der Waals surface area (Å²) in [4.78, 5) is 0. The number of hydrogen-bond donors (Lipinski definition) is 1. The Bertz CT molecular complexity index is 60.3. The minimum Gasteiger partial charge on any atom is -0.330 e. The van der Waals surface area contributed by atoms with Gasteiger partial charge in [-0.25, -0.2) is 0 Å². The average molecular weight is 140 g/mol. The van der Waals surface area contributed by atoms with Crippen molar-refractivity contribution in [1.29, 1.82) is 0 Å². The second-order valence-electron chi connectivity index (χ2n) is 2.74. The van der Waals surface area contributed by atoms with E-state index < -0.39 is 0 Å². The molecule has 0 aromatic rings. The molecule has 0 atom stereocenters. The molecule has 1 rings (SSSR count). The van der Waals surface area contributed by atoms with Gasteiger partial charge < -0.3 is 5.73 Å². The van der Waals surface area contributed by atoms with Crippen molar-refractivity contribution < 1.29 is 0 Å². The van der Waals surface area contributed by atoms with E-state index in [1.807, 2.05) is 0 Å². The zero-order valence-corrected chi connectivity index (χ0v) is 7.10. The maximum atomic E-state index is 5.50. The molecule has 0 bridgehead atoms. The van der Waals surface area contributed by atoms with E-state index in [2.05, 4.69) is 7.85 Å². The Kier molecular flexibility index (Phi) is 7.15. The van der Waals surface area contributed by atoms with E-state index in [1.54, 1.807) is 6.82 Å². The number of rotatable bonds is 1. The lowest BCUT2D eigenvalue weighted by Crippen LogP contribution is -2.16. The molecule has 2 heteroatoms. The molecule has 0 aromatic heterocycles. The molecule has 1 saturated carbocycles. The van der Waals surface area contributed by atoms with Crippen LogP contribution in [0, 0.1) is 5.92 Å². The van der Waals surface area contributed by atoms with Gasteiger partial charge in [-0.1, -0.05) is 26.1 Å². The molecular formula is C8H19BN. The van der Waals surface area contributed by atoms with E-state index in [1.165, 1.54) is 32.1 Å². The van der Waals surface area contributed by atoms with Gasteiger partial charge in [0.1, 0.15) is 0 Å². The lowest BCUT2D eigenvalue weighted by atomic mass is 9.90. The summed E-state index contributed by atoms with van der Waals surface area (Å²) < 4.78 is 0. The van der Waals surface area contributed by atoms with Gasteiger partial charge in [-0.15, -0.1) is 0 Å². The molecule has 1 aliphatic carbocycles. The fourth-order valence-corrected chi connectivity index (χ4v) is 1.42. The molecule has 0 spiro atoms. The Balaban J connectivity index is 0.000000371. The highest BCUT2D eigenvalue weighted by Crippen LogP contribution is 2.21. The number of nitrogens with two attached hydrogens (primary N) is 1. The van der Waals surface area contributed by atoms with Crippen LogP contribution >= 0.6 is 0 Å². The summed E-state index contributed by atoms with van der Waals surface area (Å²) in [6, 6.07) is 0. The lowest BCUT2D eigenvalue weighted by Gasteiger charge is -2.18. The van der Waals surface area contributed by atoms with Crippen LogP contribution in [0.4, 0.5) is 0 Å². The zero-order valence-electron chi connectivity index (χ0n) is 7.10. The van der Waals surface area contributed by atoms with E-state index >= 15 is 0 Å². The predicted molar refractivity (Wildman–Crippen MR) is 48.6 cm³/mol. The Morgan fingerprint density at radius 3 is 2.00 bits per heavy atom. The topological polar surface area (TPSA) is 26.0 Å². The van der Waals surface area contributed by atoms with Crippen molar-refractivity contribution in [3.63, 3.8) is 0 Å². The zero-order chi connectivity index (χ0) is 7.82. The van der Waals surface area contributed by atoms with E-state index in [-0.39, 0.29) is 0 Å². The SMILES string of the molecule is NCC1CCCCC1.[BH]C. The van der Waals surface area contributed by atoms with Crippen molar-refractivity contribution in [2.45, 2.75) is 38.9 Å². The summed E-state index contributed by atoms with van der Waals surface area (Å²) in [5, 5.41) is 0. The van der Waals surface area contributed by atoms with Crippen LogP contribution in [0.5, 0.6) is 0 Å². The molecule has 1 aliphatic rings. The van der Waals surface area contributed by atoms with Crippen LogP contribution in [0.2, 0.25) is 6.82 Å². The van der Waals surface area contributed by atoms with Crippen LogP contribution in [0.3, 0.4) is 0 Å². The molecule has 0 unspecified atom stereocenters. The Morgan fingerprint density at radius 2 is 1.70 bits per heavy atom. The quantitative estimate of drug-likeness (QED) is 0.548. The molecular weight excluding hydrogens is 121 g/mol. The van der Waals surface area contributed by atoms with E-state index in [9.17, 15) is 0 Å². The summed E-state index contributed by atoms with van der Waals surface area (Å²) in [5.41, 5.74) is 5.50. The van der Waals surface area contributed by atoms with Gasteiger partial charge in [-0.3, -0.25) is 0 Å². The summed E-state index contributed by atoms with van der Waals surface area (Å²) in [7, 11) is 3.25. The summed E-state index contributed by atoms with van der Waals surface area (Å²) in [5.74, 6) is 0.865. The highest BCUT2D eigenvalue weighted by Gasteiger charge is 2.09. The van der Waals surface area contributed by atoms with Crippen LogP contribution in [0.25, 0.3) is 0 Å². The maximum absolute atomic E-state index is 5.50. The summed E-state index contributed by atoms with van der Waals surface area (Å²) in [6.45, 7) is 2.67. The Labute approximate surface area is 65.8 Å². The molecule has 0 heterocycles. The minimum atomic E-state index is 0.865. The first-order chi connectivity index (χ1) is 4.93. The van der Waals surface area contributed by atoms with Crippen molar-refractivity contribution in [3.8, 4) is 0 Å². The molecule has 0 saturated heterocycles. The largest absolute Gasteiger partial charge is 0.330 e. The second-order valence-corrected chi connectivity index (χ2v) is 2.74. The van der Waals surface area contributed by atoms with Crippen molar-refractivity contribution in [1.82, 2.24) is 0 Å².